The topological polar surface area (TPSA) is 0 Å². The molecule has 0 atom stereocenters. The Labute approximate surface area is 106 Å². The molecule has 2 heteroatoms. The number of hydrogen-bond donors (Lipinski definition) is 0. The maximum absolute atomic E-state index is 13.1. The van der Waals surface area contributed by atoms with Crippen molar-refractivity contribution in [2.45, 2.75) is 26.2 Å². The van der Waals surface area contributed by atoms with Crippen molar-refractivity contribution in [3.8, 4) is 11.1 Å². The van der Waals surface area contributed by atoms with Gasteiger partial charge >= 0.3 is 0 Å². The van der Waals surface area contributed by atoms with Gasteiger partial charge in [0.15, 0.2) is 0 Å². The molecule has 0 heterocycles. The second-order valence-corrected chi connectivity index (χ2v) is 4.52. The SMILES string of the molecule is CCc1cccc(-c2ccc(C(C)(F)F)cc2)c1. The molecule has 0 aliphatic carbocycles. The number of alkyl halides is 2. The largest absolute Gasteiger partial charge is 0.270 e. The quantitative estimate of drug-likeness (QED) is 0.712. The lowest BCUT2D eigenvalue weighted by atomic mass is 10.00. The van der Waals surface area contributed by atoms with E-state index in [1.807, 2.05) is 12.1 Å². The van der Waals surface area contributed by atoms with Crippen LogP contribution in [0.15, 0.2) is 48.5 Å². The third kappa shape index (κ3) is 2.76. The molecule has 0 fully saturated rings. The highest BCUT2D eigenvalue weighted by Crippen LogP contribution is 2.29. The van der Waals surface area contributed by atoms with Crippen molar-refractivity contribution in [1.82, 2.24) is 0 Å². The van der Waals surface area contributed by atoms with Crippen molar-refractivity contribution in [2.75, 3.05) is 0 Å². The number of halogens is 2. The highest BCUT2D eigenvalue weighted by atomic mass is 19.3. The van der Waals surface area contributed by atoms with Gasteiger partial charge in [0, 0.05) is 12.5 Å². The molecule has 0 N–H and O–H groups in total. The van der Waals surface area contributed by atoms with Gasteiger partial charge in [-0.05, 0) is 23.1 Å². The summed E-state index contributed by atoms with van der Waals surface area (Å²) in [6.07, 6.45) is 0.971. The molecule has 0 saturated heterocycles. The van der Waals surface area contributed by atoms with Gasteiger partial charge in [-0.25, -0.2) is 8.78 Å². The van der Waals surface area contributed by atoms with E-state index in [-0.39, 0.29) is 5.56 Å². The van der Waals surface area contributed by atoms with Crippen LogP contribution in [0.2, 0.25) is 0 Å². The van der Waals surface area contributed by atoms with Gasteiger partial charge in [-0.15, -0.1) is 0 Å². The predicted molar refractivity (Wildman–Crippen MR) is 70.8 cm³/mol. The molecule has 0 bridgehead atoms. The summed E-state index contributed by atoms with van der Waals surface area (Å²) in [7, 11) is 0. The van der Waals surface area contributed by atoms with Gasteiger partial charge in [0.05, 0.1) is 0 Å². The van der Waals surface area contributed by atoms with E-state index in [1.165, 1.54) is 17.7 Å². The van der Waals surface area contributed by atoms with E-state index in [0.717, 1.165) is 24.5 Å². The highest BCUT2D eigenvalue weighted by Gasteiger charge is 2.23. The summed E-state index contributed by atoms with van der Waals surface area (Å²) in [6.45, 7) is 3.01. The van der Waals surface area contributed by atoms with E-state index in [2.05, 4.69) is 19.1 Å². The van der Waals surface area contributed by atoms with E-state index in [1.54, 1.807) is 12.1 Å². The summed E-state index contributed by atoms with van der Waals surface area (Å²) in [4.78, 5) is 0. The summed E-state index contributed by atoms with van der Waals surface area (Å²) < 4.78 is 26.2. The van der Waals surface area contributed by atoms with Crippen LogP contribution in [-0.4, -0.2) is 0 Å². The molecule has 2 aromatic rings. The Morgan fingerprint density at radius 2 is 1.61 bits per heavy atom. The summed E-state index contributed by atoms with van der Waals surface area (Å²) in [6, 6.07) is 14.6. The molecule has 94 valence electrons. The molecule has 0 aromatic heterocycles. The second-order valence-electron chi connectivity index (χ2n) is 4.52. The molecule has 0 aliphatic rings. The molecule has 0 spiro atoms. The van der Waals surface area contributed by atoms with Crippen molar-refractivity contribution in [3.05, 3.63) is 59.7 Å². The maximum Gasteiger partial charge on any atom is 0.270 e. The van der Waals surface area contributed by atoms with Crippen LogP contribution in [0.1, 0.15) is 25.0 Å². The Kier molecular flexibility index (Phi) is 3.46. The molecule has 0 radical (unpaired) electrons. The number of rotatable bonds is 3. The van der Waals surface area contributed by atoms with Gasteiger partial charge in [0.1, 0.15) is 0 Å². The van der Waals surface area contributed by atoms with Gasteiger partial charge in [0.25, 0.3) is 5.92 Å². The third-order valence-electron chi connectivity index (χ3n) is 3.06. The minimum Gasteiger partial charge on any atom is -0.202 e. The van der Waals surface area contributed by atoms with E-state index in [4.69, 9.17) is 0 Å². The van der Waals surface area contributed by atoms with Crippen molar-refractivity contribution >= 4 is 0 Å². The molecule has 0 saturated carbocycles. The molecular weight excluding hydrogens is 230 g/mol. The van der Waals surface area contributed by atoms with Gasteiger partial charge in [-0.3, -0.25) is 0 Å². The molecule has 18 heavy (non-hydrogen) atoms. The van der Waals surface area contributed by atoms with Crippen molar-refractivity contribution in [3.63, 3.8) is 0 Å². The zero-order valence-electron chi connectivity index (χ0n) is 10.6. The molecule has 0 unspecified atom stereocenters. The first-order chi connectivity index (χ1) is 8.50. The Bertz CT molecular complexity index is 522. The fourth-order valence-electron chi connectivity index (χ4n) is 1.93. The first-order valence-electron chi connectivity index (χ1n) is 6.08. The Morgan fingerprint density at radius 1 is 0.944 bits per heavy atom. The Balaban J connectivity index is 2.34. The highest BCUT2D eigenvalue weighted by molar-refractivity contribution is 5.64. The van der Waals surface area contributed by atoms with Crippen LogP contribution >= 0.6 is 0 Å². The maximum atomic E-state index is 13.1. The minimum atomic E-state index is -2.77. The lowest BCUT2D eigenvalue weighted by Gasteiger charge is -2.11. The second kappa shape index (κ2) is 4.89. The summed E-state index contributed by atoms with van der Waals surface area (Å²) in [5.74, 6) is -2.77. The van der Waals surface area contributed by atoms with E-state index in [0.29, 0.717) is 0 Å². The molecule has 2 aromatic carbocycles. The molecule has 0 nitrogen and oxygen atoms in total. The number of hydrogen-bond acceptors (Lipinski definition) is 0. The van der Waals surface area contributed by atoms with Crippen LogP contribution in [-0.2, 0) is 12.3 Å². The molecule has 0 aliphatic heterocycles. The Hall–Kier alpha value is -1.70. The van der Waals surface area contributed by atoms with Gasteiger partial charge in [-0.1, -0.05) is 55.5 Å². The van der Waals surface area contributed by atoms with Crippen molar-refractivity contribution in [2.24, 2.45) is 0 Å². The average molecular weight is 246 g/mol. The van der Waals surface area contributed by atoms with Crippen LogP contribution in [0, 0.1) is 0 Å². The number of aryl methyl sites for hydroxylation is 1. The van der Waals surface area contributed by atoms with Crippen LogP contribution < -0.4 is 0 Å². The lowest BCUT2D eigenvalue weighted by Crippen LogP contribution is -2.06. The fraction of sp³-hybridized carbons (Fsp3) is 0.250. The van der Waals surface area contributed by atoms with Crippen molar-refractivity contribution < 1.29 is 8.78 Å². The standard InChI is InChI=1S/C16H16F2/c1-3-12-5-4-6-14(11-12)13-7-9-15(10-8-13)16(2,17)18/h4-11H,3H2,1-2H3. The third-order valence-corrected chi connectivity index (χ3v) is 3.06. The van der Waals surface area contributed by atoms with Crippen LogP contribution in [0.3, 0.4) is 0 Å². The van der Waals surface area contributed by atoms with Gasteiger partial charge in [0.2, 0.25) is 0 Å². The molecule has 2 rings (SSSR count). The summed E-state index contributed by atoms with van der Waals surface area (Å²) >= 11 is 0. The van der Waals surface area contributed by atoms with Gasteiger partial charge < -0.3 is 0 Å². The normalized spacial score (nSPS) is 11.6. The van der Waals surface area contributed by atoms with E-state index < -0.39 is 5.92 Å². The first-order valence-corrected chi connectivity index (χ1v) is 6.08. The first kappa shape index (κ1) is 12.7. The fourth-order valence-corrected chi connectivity index (χ4v) is 1.93. The van der Waals surface area contributed by atoms with Crippen molar-refractivity contribution in [1.29, 1.82) is 0 Å². The zero-order valence-corrected chi connectivity index (χ0v) is 10.6. The van der Waals surface area contributed by atoms with Crippen LogP contribution in [0.25, 0.3) is 11.1 Å². The Morgan fingerprint density at radius 3 is 2.17 bits per heavy atom. The molecule has 0 amide bonds. The molecular formula is C16H16F2. The smallest absolute Gasteiger partial charge is 0.202 e. The van der Waals surface area contributed by atoms with Crippen LogP contribution in [0.5, 0.6) is 0 Å². The summed E-state index contributed by atoms with van der Waals surface area (Å²) in [5.41, 5.74) is 3.34. The van der Waals surface area contributed by atoms with E-state index in [9.17, 15) is 8.78 Å². The zero-order chi connectivity index (χ0) is 13.2. The summed E-state index contributed by atoms with van der Waals surface area (Å²) in [5, 5.41) is 0. The van der Waals surface area contributed by atoms with E-state index >= 15 is 0 Å². The van der Waals surface area contributed by atoms with Gasteiger partial charge in [-0.2, -0.15) is 0 Å². The average Bonchev–Trinajstić information content (AvgIpc) is 2.38. The predicted octanol–water partition coefficient (Wildman–Crippen LogP) is 5.03. The lowest BCUT2D eigenvalue weighted by molar-refractivity contribution is 0.0175. The monoisotopic (exact) mass is 246 g/mol. The number of benzene rings is 2. The van der Waals surface area contributed by atoms with Crippen LogP contribution in [0.4, 0.5) is 8.78 Å². The minimum absolute atomic E-state index is 0.0536.